The fraction of sp³-hybridized carbons (Fsp3) is 0.350. The molecule has 7 heteroatoms. The summed E-state index contributed by atoms with van der Waals surface area (Å²) in [7, 11) is 0. The number of hydrogen-bond donors (Lipinski definition) is 2. The summed E-state index contributed by atoms with van der Waals surface area (Å²) in [4.78, 5) is 30.7. The number of carbonyl (C=O) groups excluding carboxylic acids is 2. The van der Waals surface area contributed by atoms with Crippen molar-refractivity contribution in [3.8, 4) is 0 Å². The zero-order chi connectivity index (χ0) is 18.6. The van der Waals surface area contributed by atoms with Gasteiger partial charge in [0.25, 0.3) is 5.91 Å². The van der Waals surface area contributed by atoms with Crippen molar-refractivity contribution in [3.63, 3.8) is 0 Å². The third-order valence-corrected chi connectivity index (χ3v) is 4.84. The minimum absolute atomic E-state index is 0.0424. The maximum Gasteiger partial charge on any atom is 0.259 e. The lowest BCUT2D eigenvalue weighted by atomic mass is 10.1. The molecule has 27 heavy (non-hydrogen) atoms. The highest BCUT2D eigenvalue weighted by Crippen LogP contribution is 2.31. The van der Waals surface area contributed by atoms with Gasteiger partial charge in [0.15, 0.2) is 0 Å². The highest BCUT2D eigenvalue weighted by atomic mass is 16.5. The monoisotopic (exact) mass is 366 g/mol. The Morgan fingerprint density at radius 2 is 2.26 bits per heavy atom. The lowest BCUT2D eigenvalue weighted by molar-refractivity contribution is -0.117. The van der Waals surface area contributed by atoms with E-state index in [-0.39, 0.29) is 17.9 Å². The number of benzene rings is 1. The van der Waals surface area contributed by atoms with Gasteiger partial charge in [-0.3, -0.25) is 14.6 Å². The summed E-state index contributed by atoms with van der Waals surface area (Å²) in [6.45, 7) is 2.65. The number of anilines is 2. The van der Waals surface area contributed by atoms with E-state index in [2.05, 4.69) is 15.6 Å². The van der Waals surface area contributed by atoms with Gasteiger partial charge >= 0.3 is 0 Å². The largest absolute Gasteiger partial charge is 0.378 e. The Morgan fingerprint density at radius 1 is 1.33 bits per heavy atom. The summed E-state index contributed by atoms with van der Waals surface area (Å²) in [5, 5.41) is 6.22. The van der Waals surface area contributed by atoms with Crippen LogP contribution in [0.25, 0.3) is 0 Å². The van der Waals surface area contributed by atoms with E-state index in [0.29, 0.717) is 31.7 Å². The van der Waals surface area contributed by atoms with E-state index in [1.54, 1.807) is 29.4 Å². The second-order valence-corrected chi connectivity index (χ2v) is 6.77. The topological polar surface area (TPSA) is 83.6 Å². The molecule has 2 aliphatic heterocycles. The molecule has 1 unspecified atom stereocenters. The molecule has 1 fully saturated rings. The number of nitrogens with zero attached hydrogens (tertiary/aromatic N) is 2. The fourth-order valence-corrected chi connectivity index (χ4v) is 3.52. The van der Waals surface area contributed by atoms with Gasteiger partial charge in [0.05, 0.1) is 18.8 Å². The molecule has 4 rings (SSSR count). The molecule has 2 aromatic rings. The minimum Gasteiger partial charge on any atom is -0.378 e. The average Bonchev–Trinajstić information content (AvgIpc) is 3.12. The SMILES string of the molecule is O=C(CC1COCCN1)Nc1ccc2c(c1)CCN2C(=O)c1cccnc1. The van der Waals surface area contributed by atoms with Crippen LogP contribution in [0.5, 0.6) is 0 Å². The van der Waals surface area contributed by atoms with Crippen LogP contribution in [0, 0.1) is 0 Å². The molecule has 2 amide bonds. The van der Waals surface area contributed by atoms with Crippen molar-refractivity contribution in [2.24, 2.45) is 0 Å². The Balaban J connectivity index is 1.42. The lowest BCUT2D eigenvalue weighted by Crippen LogP contribution is -2.43. The zero-order valence-corrected chi connectivity index (χ0v) is 15.0. The molecule has 2 N–H and O–H groups in total. The summed E-state index contributed by atoms with van der Waals surface area (Å²) in [5.74, 6) is -0.0961. The van der Waals surface area contributed by atoms with E-state index < -0.39 is 0 Å². The number of hydrogen-bond acceptors (Lipinski definition) is 5. The predicted octanol–water partition coefficient (Wildman–Crippen LogP) is 1.60. The number of carbonyl (C=O) groups is 2. The second-order valence-electron chi connectivity index (χ2n) is 6.77. The van der Waals surface area contributed by atoms with Crippen LogP contribution >= 0.6 is 0 Å². The molecule has 3 heterocycles. The van der Waals surface area contributed by atoms with Gasteiger partial charge in [-0.25, -0.2) is 0 Å². The van der Waals surface area contributed by atoms with Gasteiger partial charge in [-0.05, 0) is 42.3 Å². The van der Waals surface area contributed by atoms with E-state index in [1.165, 1.54) is 0 Å². The Hall–Kier alpha value is -2.77. The van der Waals surface area contributed by atoms with Gasteiger partial charge in [0.1, 0.15) is 0 Å². The molecule has 7 nitrogen and oxygen atoms in total. The van der Waals surface area contributed by atoms with Gasteiger partial charge < -0.3 is 20.3 Å². The van der Waals surface area contributed by atoms with E-state index in [0.717, 1.165) is 29.9 Å². The second kappa shape index (κ2) is 7.85. The van der Waals surface area contributed by atoms with Crippen molar-refractivity contribution in [1.29, 1.82) is 0 Å². The number of pyridine rings is 1. The smallest absolute Gasteiger partial charge is 0.259 e. The van der Waals surface area contributed by atoms with Crippen LogP contribution in [0.3, 0.4) is 0 Å². The number of fused-ring (bicyclic) bond motifs is 1. The number of amides is 2. The Labute approximate surface area is 157 Å². The molecule has 1 atom stereocenters. The van der Waals surface area contributed by atoms with Gasteiger partial charge in [-0.1, -0.05) is 0 Å². The quantitative estimate of drug-likeness (QED) is 0.859. The molecule has 140 valence electrons. The van der Waals surface area contributed by atoms with E-state index in [1.807, 2.05) is 18.2 Å². The number of rotatable bonds is 4. The molecule has 0 bridgehead atoms. The van der Waals surface area contributed by atoms with Crippen LogP contribution in [0.1, 0.15) is 22.3 Å². The summed E-state index contributed by atoms with van der Waals surface area (Å²) >= 11 is 0. The van der Waals surface area contributed by atoms with Crippen molar-refractivity contribution >= 4 is 23.2 Å². The van der Waals surface area contributed by atoms with Gasteiger partial charge in [0.2, 0.25) is 5.91 Å². The number of aromatic nitrogens is 1. The first-order valence-corrected chi connectivity index (χ1v) is 9.16. The van der Waals surface area contributed by atoms with Crippen LogP contribution in [0.15, 0.2) is 42.7 Å². The van der Waals surface area contributed by atoms with Crippen molar-refractivity contribution in [3.05, 3.63) is 53.9 Å². The highest BCUT2D eigenvalue weighted by Gasteiger charge is 2.26. The molecular formula is C20H22N4O3. The Kier molecular flexibility index (Phi) is 5.13. The molecule has 0 spiro atoms. The third kappa shape index (κ3) is 3.99. The summed E-state index contributed by atoms with van der Waals surface area (Å²) in [6, 6.07) is 9.28. The molecule has 0 radical (unpaired) electrons. The first-order valence-electron chi connectivity index (χ1n) is 9.16. The lowest BCUT2D eigenvalue weighted by Gasteiger charge is -2.23. The third-order valence-electron chi connectivity index (χ3n) is 4.84. The summed E-state index contributed by atoms with van der Waals surface area (Å²) < 4.78 is 5.38. The number of ether oxygens (including phenoxy) is 1. The first kappa shape index (κ1) is 17.6. The standard InChI is InChI=1S/C20H22N4O3/c25-19(11-17-13-27-9-7-22-17)23-16-3-4-18-14(10-16)5-8-24(18)20(26)15-2-1-6-21-12-15/h1-4,6,10,12,17,22H,5,7-9,11,13H2,(H,23,25). The van der Waals surface area contributed by atoms with Crippen LogP contribution in [0.4, 0.5) is 11.4 Å². The molecule has 0 aliphatic carbocycles. The molecule has 0 saturated carbocycles. The van der Waals surface area contributed by atoms with Crippen LogP contribution in [-0.2, 0) is 16.0 Å². The van der Waals surface area contributed by atoms with Crippen LogP contribution < -0.4 is 15.5 Å². The molecular weight excluding hydrogens is 344 g/mol. The van der Waals surface area contributed by atoms with Crippen molar-refractivity contribution in [2.75, 3.05) is 36.5 Å². The van der Waals surface area contributed by atoms with Crippen LogP contribution in [-0.4, -0.2) is 49.1 Å². The van der Waals surface area contributed by atoms with Gasteiger partial charge in [-0.2, -0.15) is 0 Å². The first-order chi connectivity index (χ1) is 13.2. The van der Waals surface area contributed by atoms with Crippen LogP contribution in [0.2, 0.25) is 0 Å². The minimum atomic E-state index is -0.0537. The summed E-state index contributed by atoms with van der Waals surface area (Å²) in [6.07, 6.45) is 4.38. The maximum atomic E-state index is 12.7. The van der Waals surface area contributed by atoms with Crippen molar-refractivity contribution in [1.82, 2.24) is 10.3 Å². The highest BCUT2D eigenvalue weighted by molar-refractivity contribution is 6.07. The normalized spacial score (nSPS) is 18.8. The van der Waals surface area contributed by atoms with E-state index in [4.69, 9.17) is 4.74 Å². The maximum absolute atomic E-state index is 12.7. The van der Waals surface area contributed by atoms with Crippen molar-refractivity contribution < 1.29 is 14.3 Å². The fourth-order valence-electron chi connectivity index (χ4n) is 3.52. The van der Waals surface area contributed by atoms with Crippen molar-refractivity contribution in [2.45, 2.75) is 18.9 Å². The van der Waals surface area contributed by atoms with E-state index >= 15 is 0 Å². The molecule has 2 aliphatic rings. The number of morpholine rings is 1. The molecule has 1 aromatic heterocycles. The summed E-state index contributed by atoms with van der Waals surface area (Å²) in [5.41, 5.74) is 3.28. The Morgan fingerprint density at radius 3 is 3.04 bits per heavy atom. The zero-order valence-electron chi connectivity index (χ0n) is 15.0. The Bertz CT molecular complexity index is 834. The van der Waals surface area contributed by atoms with E-state index in [9.17, 15) is 9.59 Å². The predicted molar refractivity (Wildman–Crippen MR) is 102 cm³/mol. The number of nitrogens with one attached hydrogen (secondary N) is 2. The van der Waals surface area contributed by atoms with Gasteiger partial charge in [0, 0.05) is 49.3 Å². The van der Waals surface area contributed by atoms with Gasteiger partial charge in [-0.15, -0.1) is 0 Å². The average molecular weight is 366 g/mol. The molecule has 1 aromatic carbocycles. The molecule has 1 saturated heterocycles.